The Hall–Kier alpha value is -1.76. The first kappa shape index (κ1) is 12.3. The molecule has 0 fully saturated rings. The predicted molar refractivity (Wildman–Crippen MR) is 60.8 cm³/mol. The summed E-state index contributed by atoms with van der Waals surface area (Å²) in [4.78, 5) is 10.7. The number of rotatable bonds is 7. The molecule has 0 aromatic carbocycles. The van der Waals surface area contributed by atoms with Crippen LogP contribution in [-0.4, -0.2) is 35.9 Å². The van der Waals surface area contributed by atoms with Crippen LogP contribution < -0.4 is 16.8 Å². The van der Waals surface area contributed by atoms with Crippen molar-refractivity contribution in [3.05, 3.63) is 6.20 Å². The molecule has 0 spiro atoms. The molecule has 0 unspecified atom stereocenters. The minimum Gasteiger partial charge on any atom is -0.394 e. The number of amides is 1. The molecule has 1 heterocycles. The number of ether oxygens (including phenoxy) is 1. The highest BCUT2D eigenvalue weighted by Gasteiger charge is 2.08. The highest BCUT2D eigenvalue weighted by molar-refractivity contribution is 5.73. The first-order valence-corrected chi connectivity index (χ1v) is 4.97. The van der Waals surface area contributed by atoms with E-state index < -0.39 is 0 Å². The molecule has 7 heteroatoms. The fraction of sp³-hybridized carbons (Fsp3) is 0.556. The van der Waals surface area contributed by atoms with Gasteiger partial charge in [0.25, 0.3) is 0 Å². The third-order valence-electron chi connectivity index (χ3n) is 2.04. The zero-order valence-electron chi connectivity index (χ0n) is 9.27. The van der Waals surface area contributed by atoms with E-state index in [0.29, 0.717) is 31.2 Å². The normalized spacial score (nSPS) is 10.3. The number of nitrogen functional groups attached to an aromatic ring is 1. The van der Waals surface area contributed by atoms with Crippen molar-refractivity contribution in [2.45, 2.75) is 13.0 Å². The van der Waals surface area contributed by atoms with E-state index in [0.717, 1.165) is 0 Å². The lowest BCUT2D eigenvalue weighted by Gasteiger charge is -2.09. The summed E-state index contributed by atoms with van der Waals surface area (Å²) in [5, 5.41) is 7.13. The molecule has 0 aliphatic rings. The van der Waals surface area contributed by atoms with Crippen molar-refractivity contribution in [2.24, 2.45) is 5.73 Å². The van der Waals surface area contributed by atoms with Gasteiger partial charge in [0.15, 0.2) is 0 Å². The molecule has 0 atom stereocenters. The van der Waals surface area contributed by atoms with Crippen molar-refractivity contribution in [2.75, 3.05) is 31.3 Å². The van der Waals surface area contributed by atoms with Crippen LogP contribution in [0.1, 0.15) is 6.42 Å². The molecule has 0 radical (unpaired) electrons. The molecule has 1 amide bonds. The van der Waals surface area contributed by atoms with Gasteiger partial charge < -0.3 is 21.5 Å². The molecule has 7 nitrogen and oxygen atoms in total. The quantitative estimate of drug-likeness (QED) is 0.539. The summed E-state index contributed by atoms with van der Waals surface area (Å²) in [6.07, 6.45) is 1.77. The third kappa shape index (κ3) is 3.43. The number of nitrogens with two attached hydrogens (primary N) is 2. The van der Waals surface area contributed by atoms with Gasteiger partial charge in [-0.3, -0.25) is 4.79 Å². The molecule has 90 valence electrons. The summed E-state index contributed by atoms with van der Waals surface area (Å²) in [6, 6.07) is 0. The number of hydrogen-bond donors (Lipinski definition) is 3. The standard InChI is InChI=1S/C9H17N5O2/c1-16-5-3-12-9-7(10)6-13-14(9)4-2-8(11)15/h6,12H,2-5,10H2,1H3,(H2,11,15). The summed E-state index contributed by atoms with van der Waals surface area (Å²) >= 11 is 0. The van der Waals surface area contributed by atoms with Crippen LogP contribution in [0.5, 0.6) is 0 Å². The molecular weight excluding hydrogens is 210 g/mol. The fourth-order valence-corrected chi connectivity index (χ4v) is 1.25. The van der Waals surface area contributed by atoms with E-state index in [1.165, 1.54) is 6.20 Å². The van der Waals surface area contributed by atoms with Gasteiger partial charge in [0.05, 0.1) is 25.0 Å². The van der Waals surface area contributed by atoms with Crippen LogP contribution in [0.4, 0.5) is 11.5 Å². The molecular formula is C9H17N5O2. The second-order valence-corrected chi connectivity index (χ2v) is 3.31. The van der Waals surface area contributed by atoms with E-state index in [1.54, 1.807) is 11.8 Å². The molecule has 1 aromatic heterocycles. The lowest BCUT2D eigenvalue weighted by molar-refractivity contribution is -0.118. The highest BCUT2D eigenvalue weighted by atomic mass is 16.5. The van der Waals surface area contributed by atoms with Gasteiger partial charge in [0, 0.05) is 20.1 Å². The van der Waals surface area contributed by atoms with Crippen LogP contribution in [0.2, 0.25) is 0 Å². The Morgan fingerprint density at radius 1 is 1.69 bits per heavy atom. The van der Waals surface area contributed by atoms with Crippen LogP contribution in [0.25, 0.3) is 0 Å². The van der Waals surface area contributed by atoms with Crippen LogP contribution in [0, 0.1) is 0 Å². The minimum atomic E-state index is -0.364. The number of aryl methyl sites for hydroxylation is 1. The van der Waals surface area contributed by atoms with Gasteiger partial charge in [-0.15, -0.1) is 0 Å². The van der Waals surface area contributed by atoms with E-state index in [4.69, 9.17) is 16.2 Å². The topological polar surface area (TPSA) is 108 Å². The fourth-order valence-electron chi connectivity index (χ4n) is 1.25. The van der Waals surface area contributed by atoms with E-state index in [1.807, 2.05) is 0 Å². The van der Waals surface area contributed by atoms with Crippen molar-refractivity contribution in [1.82, 2.24) is 9.78 Å². The Kier molecular flexibility index (Phi) is 4.59. The zero-order valence-corrected chi connectivity index (χ0v) is 9.27. The van der Waals surface area contributed by atoms with E-state index in [9.17, 15) is 4.79 Å². The maximum Gasteiger partial charge on any atom is 0.219 e. The van der Waals surface area contributed by atoms with Crippen LogP contribution in [-0.2, 0) is 16.1 Å². The largest absolute Gasteiger partial charge is 0.394 e. The van der Waals surface area contributed by atoms with E-state index in [-0.39, 0.29) is 12.3 Å². The Morgan fingerprint density at radius 3 is 3.06 bits per heavy atom. The average Bonchev–Trinajstić information content (AvgIpc) is 2.58. The molecule has 1 aromatic rings. The number of anilines is 2. The second kappa shape index (κ2) is 5.96. The number of carbonyl (C=O) groups excluding carboxylic acids is 1. The molecule has 0 aliphatic carbocycles. The van der Waals surface area contributed by atoms with Crippen molar-refractivity contribution in [3.63, 3.8) is 0 Å². The minimum absolute atomic E-state index is 0.236. The molecule has 0 saturated heterocycles. The van der Waals surface area contributed by atoms with Gasteiger partial charge in [-0.05, 0) is 0 Å². The van der Waals surface area contributed by atoms with Crippen LogP contribution >= 0.6 is 0 Å². The van der Waals surface area contributed by atoms with E-state index >= 15 is 0 Å². The summed E-state index contributed by atoms with van der Waals surface area (Å²) < 4.78 is 6.53. The molecule has 16 heavy (non-hydrogen) atoms. The summed E-state index contributed by atoms with van der Waals surface area (Å²) in [6.45, 7) is 1.62. The number of carbonyl (C=O) groups is 1. The Bertz CT molecular complexity index is 350. The smallest absolute Gasteiger partial charge is 0.219 e. The maximum absolute atomic E-state index is 10.7. The van der Waals surface area contributed by atoms with Gasteiger partial charge in [-0.2, -0.15) is 5.10 Å². The molecule has 5 N–H and O–H groups in total. The van der Waals surface area contributed by atoms with Crippen molar-refractivity contribution < 1.29 is 9.53 Å². The molecule has 0 bridgehead atoms. The van der Waals surface area contributed by atoms with Gasteiger partial charge in [-0.25, -0.2) is 4.68 Å². The van der Waals surface area contributed by atoms with Crippen LogP contribution in [0.3, 0.4) is 0 Å². The Balaban J connectivity index is 2.58. The monoisotopic (exact) mass is 227 g/mol. The zero-order chi connectivity index (χ0) is 12.0. The number of nitrogens with one attached hydrogen (secondary N) is 1. The summed E-state index contributed by atoms with van der Waals surface area (Å²) in [7, 11) is 1.62. The number of nitrogens with zero attached hydrogens (tertiary/aromatic N) is 2. The number of hydrogen-bond acceptors (Lipinski definition) is 5. The predicted octanol–water partition coefficient (Wildman–Crippen LogP) is -0.601. The number of primary amides is 1. The maximum atomic E-state index is 10.7. The lowest BCUT2D eigenvalue weighted by Crippen LogP contribution is -2.17. The number of methoxy groups -OCH3 is 1. The van der Waals surface area contributed by atoms with Gasteiger partial charge in [0.2, 0.25) is 5.91 Å². The first-order chi connectivity index (χ1) is 7.65. The van der Waals surface area contributed by atoms with Crippen molar-refractivity contribution in [3.8, 4) is 0 Å². The molecule has 0 saturated carbocycles. The van der Waals surface area contributed by atoms with E-state index in [2.05, 4.69) is 10.4 Å². The summed E-state index contributed by atoms with van der Waals surface area (Å²) in [5.41, 5.74) is 11.3. The van der Waals surface area contributed by atoms with Crippen LogP contribution in [0.15, 0.2) is 6.20 Å². The SMILES string of the molecule is COCCNc1c(N)cnn1CCC(N)=O. The first-order valence-electron chi connectivity index (χ1n) is 4.97. The second-order valence-electron chi connectivity index (χ2n) is 3.31. The van der Waals surface area contributed by atoms with Gasteiger partial charge in [-0.1, -0.05) is 0 Å². The van der Waals surface area contributed by atoms with Gasteiger partial charge >= 0.3 is 0 Å². The van der Waals surface area contributed by atoms with Gasteiger partial charge in [0.1, 0.15) is 5.82 Å². The summed E-state index contributed by atoms with van der Waals surface area (Å²) in [5.74, 6) is 0.329. The third-order valence-corrected chi connectivity index (χ3v) is 2.04. The lowest BCUT2D eigenvalue weighted by atomic mass is 10.4. The van der Waals surface area contributed by atoms with Crippen molar-refractivity contribution >= 4 is 17.4 Å². The Morgan fingerprint density at radius 2 is 2.44 bits per heavy atom. The Labute approximate surface area is 93.7 Å². The molecule has 1 rings (SSSR count). The average molecular weight is 227 g/mol. The number of aromatic nitrogens is 2. The highest BCUT2D eigenvalue weighted by Crippen LogP contribution is 2.17. The van der Waals surface area contributed by atoms with Crippen molar-refractivity contribution in [1.29, 1.82) is 0 Å². The molecule has 0 aliphatic heterocycles.